The maximum absolute atomic E-state index is 10.3. The molecule has 2 aliphatic rings. The van der Waals surface area contributed by atoms with Crippen molar-refractivity contribution in [3.8, 4) is 23.0 Å². The quantitative estimate of drug-likeness (QED) is 0.516. The fraction of sp³-hybridized carbons (Fsp3) is 0.379. The lowest BCUT2D eigenvalue weighted by Crippen LogP contribution is -2.25. The molecule has 0 saturated carbocycles. The predicted octanol–water partition coefficient (Wildman–Crippen LogP) is 5.36. The molecule has 5 nitrogen and oxygen atoms in total. The topological polar surface area (TPSA) is 51.2 Å². The Morgan fingerprint density at radius 3 is 2.35 bits per heavy atom. The van der Waals surface area contributed by atoms with Crippen LogP contribution in [0.5, 0.6) is 23.0 Å². The summed E-state index contributed by atoms with van der Waals surface area (Å²) in [6.45, 7) is 4.14. The normalized spacial score (nSPS) is 19.9. The van der Waals surface area contributed by atoms with Crippen molar-refractivity contribution in [1.29, 1.82) is 0 Å². The molecule has 2 heterocycles. The fourth-order valence-electron chi connectivity index (χ4n) is 5.37. The summed E-state index contributed by atoms with van der Waals surface area (Å²) >= 11 is 0. The average Bonchev–Trinajstić information content (AvgIpc) is 3.40. The van der Waals surface area contributed by atoms with E-state index < -0.39 is 0 Å². The zero-order valence-corrected chi connectivity index (χ0v) is 20.0. The van der Waals surface area contributed by atoms with Gasteiger partial charge in [-0.1, -0.05) is 30.3 Å². The first-order chi connectivity index (χ1) is 16.7. The second kappa shape index (κ2) is 9.98. The van der Waals surface area contributed by atoms with Crippen molar-refractivity contribution >= 4 is 0 Å². The molecule has 1 saturated heterocycles. The van der Waals surface area contributed by atoms with Gasteiger partial charge in [0.05, 0.1) is 20.8 Å². The molecule has 1 fully saturated rings. The largest absolute Gasteiger partial charge is 0.508 e. The number of hydrogen-bond donors (Lipinski definition) is 1. The molecule has 0 aliphatic carbocycles. The Morgan fingerprint density at radius 1 is 0.882 bits per heavy atom. The molecule has 0 spiro atoms. The number of likely N-dealkylation sites (tertiary alicyclic amines) is 1. The van der Waals surface area contributed by atoms with Crippen LogP contribution in [0.4, 0.5) is 0 Å². The number of methoxy groups -OCH3 is 2. The van der Waals surface area contributed by atoms with E-state index in [1.54, 1.807) is 20.3 Å². The van der Waals surface area contributed by atoms with Crippen LogP contribution in [0.1, 0.15) is 46.9 Å². The lowest BCUT2D eigenvalue weighted by Gasteiger charge is -2.35. The molecule has 178 valence electrons. The zero-order chi connectivity index (χ0) is 23.5. The minimum Gasteiger partial charge on any atom is -0.508 e. The lowest BCUT2D eigenvalue weighted by molar-refractivity contribution is 0.247. The van der Waals surface area contributed by atoms with Gasteiger partial charge in [0.15, 0.2) is 11.5 Å². The summed E-state index contributed by atoms with van der Waals surface area (Å²) in [5, 5.41) is 10.3. The third kappa shape index (κ3) is 4.58. The van der Waals surface area contributed by atoms with Gasteiger partial charge in [0.1, 0.15) is 11.5 Å². The average molecular weight is 460 g/mol. The number of fused-ring (bicyclic) bond motifs is 1. The van der Waals surface area contributed by atoms with Crippen molar-refractivity contribution in [2.45, 2.75) is 31.1 Å². The van der Waals surface area contributed by atoms with E-state index in [4.69, 9.17) is 14.2 Å². The molecule has 0 bridgehead atoms. The molecule has 5 rings (SSSR count). The summed E-state index contributed by atoms with van der Waals surface area (Å²) in [6, 6.07) is 20.5. The van der Waals surface area contributed by atoms with Crippen molar-refractivity contribution in [2.75, 3.05) is 40.5 Å². The number of phenolic OH excluding ortho intramolecular Hbond substituents is 1. The van der Waals surface area contributed by atoms with Crippen molar-refractivity contribution in [3.63, 3.8) is 0 Å². The first kappa shape index (κ1) is 22.6. The second-order valence-corrected chi connectivity index (χ2v) is 9.27. The standard InChI is InChI=1S/C29H33NO4/c1-32-27-11-9-22(17-28(27)33-2)25-19-34-26-12-10-23(31)18-24(26)29(25)21-7-5-20(6-8-21)13-16-30-14-3-4-15-30/h5-12,17-18,25,29,31H,3-4,13-16,19H2,1-2H3/t25-,29-/m0/s1. The van der Waals surface area contributed by atoms with Gasteiger partial charge >= 0.3 is 0 Å². The number of hydrogen-bond acceptors (Lipinski definition) is 5. The lowest BCUT2D eigenvalue weighted by atomic mass is 9.75. The molecule has 0 amide bonds. The van der Waals surface area contributed by atoms with Crippen molar-refractivity contribution in [1.82, 2.24) is 4.90 Å². The van der Waals surface area contributed by atoms with Gasteiger partial charge in [0.25, 0.3) is 0 Å². The molecule has 5 heteroatoms. The van der Waals surface area contributed by atoms with Crippen molar-refractivity contribution in [3.05, 3.63) is 82.9 Å². The first-order valence-corrected chi connectivity index (χ1v) is 12.1. The monoisotopic (exact) mass is 459 g/mol. The van der Waals surface area contributed by atoms with Gasteiger partial charge in [-0.2, -0.15) is 0 Å². The number of rotatable bonds is 7. The summed E-state index contributed by atoms with van der Waals surface area (Å²) in [5.41, 5.74) is 4.71. The minimum atomic E-state index is 0.0570. The number of benzene rings is 3. The second-order valence-electron chi connectivity index (χ2n) is 9.27. The van der Waals surface area contributed by atoms with Crippen LogP contribution in [-0.4, -0.2) is 50.5 Å². The third-order valence-corrected chi connectivity index (χ3v) is 7.24. The van der Waals surface area contributed by atoms with E-state index in [1.165, 1.54) is 37.1 Å². The SMILES string of the molecule is COc1ccc([C@@H]2COc3ccc(O)cc3[C@@H]2c2ccc(CCN3CCCC3)cc2)cc1OC. The smallest absolute Gasteiger partial charge is 0.160 e. The first-order valence-electron chi connectivity index (χ1n) is 12.1. The van der Waals surface area contributed by atoms with Crippen LogP contribution >= 0.6 is 0 Å². The highest BCUT2D eigenvalue weighted by Gasteiger charge is 2.34. The predicted molar refractivity (Wildman–Crippen MR) is 134 cm³/mol. The summed E-state index contributed by atoms with van der Waals surface area (Å²) in [4.78, 5) is 2.55. The van der Waals surface area contributed by atoms with E-state index in [1.807, 2.05) is 24.3 Å². The van der Waals surface area contributed by atoms with Crippen LogP contribution in [0.2, 0.25) is 0 Å². The Kier molecular flexibility index (Phi) is 6.63. The van der Waals surface area contributed by atoms with Gasteiger partial charge in [0, 0.05) is 23.9 Å². The molecule has 2 atom stereocenters. The van der Waals surface area contributed by atoms with Gasteiger partial charge in [-0.15, -0.1) is 0 Å². The van der Waals surface area contributed by atoms with E-state index in [0.29, 0.717) is 18.1 Å². The van der Waals surface area contributed by atoms with Crippen LogP contribution in [-0.2, 0) is 6.42 Å². The van der Waals surface area contributed by atoms with Gasteiger partial charge in [-0.3, -0.25) is 0 Å². The molecule has 1 N–H and O–H groups in total. The zero-order valence-electron chi connectivity index (χ0n) is 20.0. The van der Waals surface area contributed by atoms with Gasteiger partial charge in [0.2, 0.25) is 0 Å². The highest BCUT2D eigenvalue weighted by Crippen LogP contribution is 2.48. The van der Waals surface area contributed by atoms with E-state index >= 15 is 0 Å². The molecule has 34 heavy (non-hydrogen) atoms. The van der Waals surface area contributed by atoms with Gasteiger partial charge < -0.3 is 24.2 Å². The molecule has 0 aromatic heterocycles. The van der Waals surface area contributed by atoms with Crippen LogP contribution in [0.15, 0.2) is 60.7 Å². The van der Waals surface area contributed by atoms with E-state index in [2.05, 4.69) is 35.2 Å². The maximum Gasteiger partial charge on any atom is 0.160 e. The number of aromatic hydroxyl groups is 1. The molecule has 2 aliphatic heterocycles. The molecular formula is C29H33NO4. The summed E-state index contributed by atoms with van der Waals surface area (Å²) in [7, 11) is 3.30. The summed E-state index contributed by atoms with van der Waals surface area (Å²) in [6.07, 6.45) is 3.73. The van der Waals surface area contributed by atoms with Crippen LogP contribution < -0.4 is 14.2 Å². The van der Waals surface area contributed by atoms with Crippen LogP contribution in [0.3, 0.4) is 0 Å². The third-order valence-electron chi connectivity index (χ3n) is 7.24. The molecule has 3 aromatic rings. The molecule has 0 radical (unpaired) electrons. The highest BCUT2D eigenvalue weighted by molar-refractivity contribution is 5.52. The Morgan fingerprint density at radius 2 is 1.62 bits per heavy atom. The fourth-order valence-corrected chi connectivity index (χ4v) is 5.37. The molecule has 0 unspecified atom stereocenters. The summed E-state index contributed by atoms with van der Waals surface area (Å²) in [5.74, 6) is 2.63. The molecular weight excluding hydrogens is 426 g/mol. The number of nitrogens with zero attached hydrogens (tertiary/aromatic N) is 1. The Bertz CT molecular complexity index is 1120. The van der Waals surface area contributed by atoms with Crippen molar-refractivity contribution in [2.24, 2.45) is 0 Å². The Hall–Kier alpha value is -3.18. The van der Waals surface area contributed by atoms with E-state index in [0.717, 1.165) is 29.8 Å². The highest BCUT2D eigenvalue weighted by atomic mass is 16.5. The maximum atomic E-state index is 10.3. The van der Waals surface area contributed by atoms with Gasteiger partial charge in [-0.25, -0.2) is 0 Å². The Labute approximate surface area is 201 Å². The van der Waals surface area contributed by atoms with Crippen molar-refractivity contribution < 1.29 is 19.3 Å². The summed E-state index contributed by atoms with van der Waals surface area (Å²) < 4.78 is 17.2. The van der Waals surface area contributed by atoms with Crippen LogP contribution in [0.25, 0.3) is 0 Å². The minimum absolute atomic E-state index is 0.0570. The number of phenols is 1. The van der Waals surface area contributed by atoms with Gasteiger partial charge in [-0.05, 0) is 79.4 Å². The van der Waals surface area contributed by atoms with E-state index in [-0.39, 0.29) is 17.6 Å². The van der Waals surface area contributed by atoms with Crippen LogP contribution in [0, 0.1) is 0 Å². The van der Waals surface area contributed by atoms with E-state index in [9.17, 15) is 5.11 Å². The number of ether oxygens (including phenoxy) is 3. The molecule has 3 aromatic carbocycles. The Balaban J connectivity index is 1.47.